The van der Waals surface area contributed by atoms with Gasteiger partial charge in [-0.1, -0.05) is 30.4 Å². The van der Waals surface area contributed by atoms with E-state index >= 15 is 0 Å². The van der Waals surface area contributed by atoms with Gasteiger partial charge in [-0.25, -0.2) is 0 Å². The van der Waals surface area contributed by atoms with Crippen LogP contribution in [-0.2, 0) is 0 Å². The number of carbonyl (C=O) groups excluding carboxylic acids is 1. The molecule has 0 saturated heterocycles. The molecule has 0 spiro atoms. The van der Waals surface area contributed by atoms with Crippen LogP contribution in [0.15, 0.2) is 36.4 Å². The largest absolute Gasteiger partial charge is 0.328 e. The number of H-pyrrole nitrogens is 1. The Morgan fingerprint density at radius 3 is 2.95 bits per heavy atom. The van der Waals surface area contributed by atoms with Crippen LogP contribution >= 0.6 is 0 Å². The van der Waals surface area contributed by atoms with Gasteiger partial charge in [0.25, 0.3) is 5.91 Å². The number of nitrogens with one attached hydrogen (secondary N) is 1. The van der Waals surface area contributed by atoms with Gasteiger partial charge in [0.05, 0.1) is 11.6 Å². The van der Waals surface area contributed by atoms with E-state index in [1.54, 1.807) is 0 Å². The van der Waals surface area contributed by atoms with E-state index in [2.05, 4.69) is 16.8 Å². The van der Waals surface area contributed by atoms with Crippen molar-refractivity contribution in [2.45, 2.75) is 25.4 Å². The van der Waals surface area contributed by atoms with E-state index in [9.17, 15) is 4.79 Å². The average molecular weight is 270 g/mol. The van der Waals surface area contributed by atoms with Crippen LogP contribution in [0.4, 0.5) is 0 Å². The Kier molecular flexibility index (Phi) is 3.06. The molecule has 0 bridgehead atoms. The fourth-order valence-electron chi connectivity index (χ4n) is 2.50. The molecule has 1 fully saturated rings. The lowest BCUT2D eigenvalue weighted by atomic mass is 10.1. The highest BCUT2D eigenvalue weighted by atomic mass is 16.2. The summed E-state index contributed by atoms with van der Waals surface area (Å²) in [7, 11) is 0. The van der Waals surface area contributed by atoms with Gasteiger partial charge >= 0.3 is 0 Å². The molecule has 3 N–H and O–H groups in total. The van der Waals surface area contributed by atoms with Crippen molar-refractivity contribution in [3.63, 3.8) is 0 Å². The van der Waals surface area contributed by atoms with Crippen molar-refractivity contribution in [2.24, 2.45) is 5.73 Å². The van der Waals surface area contributed by atoms with Gasteiger partial charge in [-0.05, 0) is 19.4 Å². The summed E-state index contributed by atoms with van der Waals surface area (Å²) in [6, 6.07) is 7.71. The van der Waals surface area contributed by atoms with Crippen molar-refractivity contribution in [2.75, 3.05) is 6.54 Å². The molecule has 1 aromatic heterocycles. The maximum atomic E-state index is 12.8. The Morgan fingerprint density at radius 1 is 1.60 bits per heavy atom. The van der Waals surface area contributed by atoms with E-state index in [4.69, 9.17) is 5.73 Å². The van der Waals surface area contributed by atoms with Crippen LogP contribution in [0.25, 0.3) is 10.9 Å². The summed E-state index contributed by atoms with van der Waals surface area (Å²) in [6.07, 6.45) is 0.860. The number of hydrogen-bond acceptors (Lipinski definition) is 3. The molecule has 5 heteroatoms. The normalized spacial score (nSPS) is 19.1. The van der Waals surface area contributed by atoms with Gasteiger partial charge in [0.15, 0.2) is 5.69 Å². The van der Waals surface area contributed by atoms with E-state index in [-0.39, 0.29) is 18.0 Å². The highest BCUT2D eigenvalue weighted by Gasteiger charge is 2.40. The van der Waals surface area contributed by atoms with Crippen LogP contribution in [-0.4, -0.2) is 39.6 Å². The number of aromatic nitrogens is 2. The molecule has 2 unspecified atom stereocenters. The summed E-state index contributed by atoms with van der Waals surface area (Å²) >= 11 is 0. The predicted octanol–water partition coefficient (Wildman–Crippen LogP) is 1.68. The first-order valence-electron chi connectivity index (χ1n) is 6.77. The van der Waals surface area contributed by atoms with Gasteiger partial charge in [0.1, 0.15) is 0 Å². The van der Waals surface area contributed by atoms with Crippen molar-refractivity contribution in [1.29, 1.82) is 0 Å². The van der Waals surface area contributed by atoms with Gasteiger partial charge in [-0.15, -0.1) is 0 Å². The molecule has 104 valence electrons. The van der Waals surface area contributed by atoms with E-state index in [0.717, 1.165) is 22.9 Å². The summed E-state index contributed by atoms with van der Waals surface area (Å²) in [4.78, 5) is 14.6. The highest BCUT2D eigenvalue weighted by Crippen LogP contribution is 2.35. The summed E-state index contributed by atoms with van der Waals surface area (Å²) < 4.78 is 0. The third-order valence-electron chi connectivity index (χ3n) is 3.83. The number of para-hydroxylation sites is 1. The van der Waals surface area contributed by atoms with E-state index in [1.807, 2.05) is 36.1 Å². The van der Waals surface area contributed by atoms with Crippen LogP contribution in [0.1, 0.15) is 23.8 Å². The lowest BCUT2D eigenvalue weighted by Gasteiger charge is -2.27. The molecule has 2 aromatic rings. The molecule has 0 radical (unpaired) electrons. The Hall–Kier alpha value is -2.14. The van der Waals surface area contributed by atoms with Crippen molar-refractivity contribution >= 4 is 16.8 Å². The van der Waals surface area contributed by atoms with Crippen molar-refractivity contribution < 1.29 is 4.79 Å². The minimum atomic E-state index is -0.0796. The second kappa shape index (κ2) is 4.76. The number of amides is 1. The molecule has 1 amide bonds. The molecular formula is C15H18N4O. The highest BCUT2D eigenvalue weighted by molar-refractivity contribution is 6.05. The van der Waals surface area contributed by atoms with Crippen LogP contribution in [0.2, 0.25) is 0 Å². The lowest BCUT2D eigenvalue weighted by Crippen LogP contribution is -2.44. The number of benzene rings is 1. The molecule has 1 heterocycles. The maximum absolute atomic E-state index is 12.8. The zero-order chi connectivity index (χ0) is 14.3. The Bertz CT molecular complexity index is 675. The third kappa shape index (κ3) is 2.00. The third-order valence-corrected chi connectivity index (χ3v) is 3.83. The van der Waals surface area contributed by atoms with Gasteiger partial charge < -0.3 is 10.6 Å². The average Bonchev–Trinajstić information content (AvgIpc) is 3.02. The molecule has 0 aliphatic heterocycles. The summed E-state index contributed by atoms with van der Waals surface area (Å²) in [5.41, 5.74) is 8.14. The zero-order valence-corrected chi connectivity index (χ0v) is 11.5. The van der Waals surface area contributed by atoms with Crippen LogP contribution in [0.3, 0.4) is 0 Å². The maximum Gasteiger partial charge on any atom is 0.275 e. The number of rotatable bonds is 4. The number of carbonyl (C=O) groups is 1. The summed E-state index contributed by atoms with van der Waals surface area (Å²) in [5.74, 6) is -0.0796. The van der Waals surface area contributed by atoms with Crippen molar-refractivity contribution in [3.8, 4) is 0 Å². The smallest absolute Gasteiger partial charge is 0.275 e. The fraction of sp³-hybridized carbons (Fsp3) is 0.333. The van der Waals surface area contributed by atoms with Crippen molar-refractivity contribution in [3.05, 3.63) is 42.1 Å². The number of nitrogens with two attached hydrogens (primary N) is 1. The number of aromatic amines is 1. The Balaban J connectivity index is 1.99. The van der Waals surface area contributed by atoms with E-state index in [0.29, 0.717) is 12.2 Å². The molecule has 1 aliphatic carbocycles. The molecule has 1 aliphatic rings. The first-order valence-corrected chi connectivity index (χ1v) is 6.77. The zero-order valence-electron chi connectivity index (χ0n) is 11.5. The quantitative estimate of drug-likeness (QED) is 0.830. The van der Waals surface area contributed by atoms with E-state index in [1.165, 1.54) is 0 Å². The fourth-order valence-corrected chi connectivity index (χ4v) is 2.50. The second-order valence-corrected chi connectivity index (χ2v) is 5.29. The van der Waals surface area contributed by atoms with Crippen molar-refractivity contribution in [1.82, 2.24) is 15.1 Å². The lowest BCUT2D eigenvalue weighted by molar-refractivity contribution is 0.0685. The molecule has 2 atom stereocenters. The molecule has 3 rings (SSSR count). The predicted molar refractivity (Wildman–Crippen MR) is 78.3 cm³/mol. The van der Waals surface area contributed by atoms with Crippen LogP contribution in [0.5, 0.6) is 0 Å². The molecule has 5 nitrogen and oxygen atoms in total. The van der Waals surface area contributed by atoms with E-state index < -0.39 is 0 Å². The molecule has 20 heavy (non-hydrogen) atoms. The SMILES string of the molecule is C=C1CC1N(C(=O)c1n[nH]c2ccccc12)C(C)CN. The Morgan fingerprint density at radius 2 is 2.30 bits per heavy atom. The monoisotopic (exact) mass is 270 g/mol. The minimum absolute atomic E-state index is 0.0257. The van der Waals surface area contributed by atoms with Gasteiger partial charge in [-0.3, -0.25) is 9.89 Å². The number of fused-ring (bicyclic) bond motifs is 1. The van der Waals surface area contributed by atoms with Gasteiger partial charge in [0.2, 0.25) is 0 Å². The summed E-state index contributed by atoms with van der Waals surface area (Å²) in [6.45, 7) is 6.33. The molecule has 1 saturated carbocycles. The standard InChI is InChI=1S/C15H18N4O/c1-9-7-13(9)19(10(2)8-16)15(20)14-11-5-3-4-6-12(11)17-18-14/h3-6,10,13H,1,7-8,16H2,2H3,(H,17,18). The second-order valence-electron chi connectivity index (χ2n) is 5.29. The number of hydrogen-bond donors (Lipinski definition) is 2. The van der Waals surface area contributed by atoms with Gasteiger partial charge in [0, 0.05) is 18.0 Å². The number of nitrogens with zero attached hydrogens (tertiary/aromatic N) is 2. The first kappa shape index (κ1) is 12.9. The minimum Gasteiger partial charge on any atom is -0.328 e. The van der Waals surface area contributed by atoms with Crippen LogP contribution < -0.4 is 5.73 Å². The van der Waals surface area contributed by atoms with Crippen LogP contribution in [0, 0.1) is 0 Å². The topological polar surface area (TPSA) is 75.0 Å². The molecule has 1 aromatic carbocycles. The van der Waals surface area contributed by atoms with Gasteiger partial charge in [-0.2, -0.15) is 5.10 Å². The summed E-state index contributed by atoms with van der Waals surface area (Å²) in [5, 5.41) is 7.93. The first-order chi connectivity index (χ1) is 9.63. The molecular weight excluding hydrogens is 252 g/mol. The Labute approximate surface area is 117 Å².